The first kappa shape index (κ1) is 12.3. The molecule has 1 atom stereocenters. The minimum atomic E-state index is -0.749. The fourth-order valence-corrected chi connectivity index (χ4v) is 1.65. The van der Waals surface area contributed by atoms with Crippen molar-refractivity contribution in [2.24, 2.45) is 5.73 Å². The molecular weight excluding hydrogens is 262 g/mol. The number of phenols is 1. The third-order valence-corrected chi connectivity index (χ3v) is 2.56. The molecule has 4 N–H and O–H groups in total. The van der Waals surface area contributed by atoms with Crippen molar-refractivity contribution in [2.45, 2.75) is 13.0 Å². The van der Waals surface area contributed by atoms with E-state index < -0.39 is 6.10 Å². The van der Waals surface area contributed by atoms with Gasteiger partial charge in [-0.25, -0.2) is 0 Å². The fourth-order valence-electron chi connectivity index (χ4n) is 1.19. The van der Waals surface area contributed by atoms with Gasteiger partial charge in [0.2, 0.25) is 0 Å². The molecule has 0 amide bonds. The van der Waals surface area contributed by atoms with Crippen LogP contribution in [0.1, 0.15) is 18.6 Å². The maximum absolute atomic E-state index is 9.62. The van der Waals surface area contributed by atoms with Crippen molar-refractivity contribution in [1.29, 1.82) is 0 Å². The third kappa shape index (κ3) is 2.84. The summed E-state index contributed by atoms with van der Waals surface area (Å²) in [5.41, 5.74) is 5.96. The van der Waals surface area contributed by atoms with Crippen LogP contribution in [0.2, 0.25) is 0 Å². The highest BCUT2D eigenvalue weighted by Crippen LogP contribution is 2.36. The van der Waals surface area contributed by atoms with E-state index >= 15 is 0 Å². The third-order valence-electron chi connectivity index (χ3n) is 1.96. The van der Waals surface area contributed by atoms with E-state index in [4.69, 9.17) is 10.5 Å². The van der Waals surface area contributed by atoms with Gasteiger partial charge in [-0.05, 0) is 40.5 Å². The van der Waals surface area contributed by atoms with E-state index in [0.717, 1.165) is 0 Å². The van der Waals surface area contributed by atoms with Crippen LogP contribution < -0.4 is 10.5 Å². The number of hydrogen-bond acceptors (Lipinski definition) is 4. The Kier molecular flexibility index (Phi) is 4.38. The van der Waals surface area contributed by atoms with Crippen molar-refractivity contribution < 1.29 is 14.9 Å². The van der Waals surface area contributed by atoms with Crippen molar-refractivity contribution in [2.75, 3.05) is 13.2 Å². The van der Waals surface area contributed by atoms with Gasteiger partial charge in [-0.2, -0.15) is 0 Å². The van der Waals surface area contributed by atoms with Gasteiger partial charge in [0.15, 0.2) is 11.5 Å². The van der Waals surface area contributed by atoms with Gasteiger partial charge >= 0.3 is 0 Å². The molecule has 0 saturated heterocycles. The zero-order valence-corrected chi connectivity index (χ0v) is 9.99. The molecule has 0 aliphatic carbocycles. The lowest BCUT2D eigenvalue weighted by molar-refractivity contribution is 0.186. The number of nitrogens with two attached hydrogens (primary N) is 1. The summed E-state index contributed by atoms with van der Waals surface area (Å²) in [5.74, 6) is 0.374. The van der Waals surface area contributed by atoms with Crippen LogP contribution in [0.25, 0.3) is 0 Å². The number of benzene rings is 1. The molecule has 0 aliphatic rings. The molecular formula is C10H14BrNO3. The molecule has 0 fully saturated rings. The van der Waals surface area contributed by atoms with Gasteiger partial charge in [-0.3, -0.25) is 0 Å². The molecule has 0 spiro atoms. The zero-order valence-electron chi connectivity index (χ0n) is 8.40. The molecule has 0 unspecified atom stereocenters. The summed E-state index contributed by atoms with van der Waals surface area (Å²) in [7, 11) is 0. The molecule has 1 aromatic carbocycles. The van der Waals surface area contributed by atoms with Crippen LogP contribution in [-0.2, 0) is 0 Å². The predicted octanol–water partition coefficient (Wildman–Crippen LogP) is 1.55. The van der Waals surface area contributed by atoms with Crippen LogP contribution >= 0.6 is 15.9 Å². The average Bonchev–Trinajstić information content (AvgIpc) is 2.23. The van der Waals surface area contributed by atoms with E-state index in [1.54, 1.807) is 12.1 Å². The van der Waals surface area contributed by atoms with Gasteiger partial charge in [0.1, 0.15) is 0 Å². The fraction of sp³-hybridized carbons (Fsp3) is 0.400. The Morgan fingerprint density at radius 3 is 2.73 bits per heavy atom. The summed E-state index contributed by atoms with van der Waals surface area (Å²) in [6.45, 7) is 2.39. The Balaban J connectivity index is 3.11. The number of aromatic hydroxyl groups is 1. The molecule has 0 bridgehead atoms. The molecule has 15 heavy (non-hydrogen) atoms. The summed E-state index contributed by atoms with van der Waals surface area (Å²) in [4.78, 5) is 0. The summed E-state index contributed by atoms with van der Waals surface area (Å²) >= 11 is 3.18. The Labute approximate surface area is 96.8 Å². The van der Waals surface area contributed by atoms with Crippen LogP contribution in [-0.4, -0.2) is 23.4 Å². The lowest BCUT2D eigenvalue weighted by Crippen LogP contribution is -2.11. The number of rotatable bonds is 4. The lowest BCUT2D eigenvalue weighted by atomic mass is 10.1. The number of phenolic OH excluding ortho intramolecular Hbond substituents is 1. The lowest BCUT2D eigenvalue weighted by Gasteiger charge is -2.13. The molecule has 0 aliphatic heterocycles. The van der Waals surface area contributed by atoms with Crippen LogP contribution in [0.3, 0.4) is 0 Å². The first-order valence-electron chi connectivity index (χ1n) is 4.63. The van der Waals surface area contributed by atoms with Gasteiger partial charge in [0.25, 0.3) is 0 Å². The van der Waals surface area contributed by atoms with Gasteiger partial charge in [-0.15, -0.1) is 0 Å². The minimum Gasteiger partial charge on any atom is -0.503 e. The average molecular weight is 276 g/mol. The largest absolute Gasteiger partial charge is 0.503 e. The first-order valence-corrected chi connectivity index (χ1v) is 5.42. The number of hydrogen-bond donors (Lipinski definition) is 3. The van der Waals surface area contributed by atoms with Crippen LogP contribution in [0.15, 0.2) is 16.6 Å². The summed E-state index contributed by atoms with van der Waals surface area (Å²) < 4.78 is 5.70. The molecule has 0 heterocycles. The standard InChI is InChI=1S/C10H14BrNO3/c1-2-15-9-4-6(8(13)5-12)3-7(11)10(9)14/h3-4,8,13-14H,2,5,12H2,1H3/t8-/m1/s1. The molecule has 84 valence electrons. The monoisotopic (exact) mass is 275 g/mol. The molecule has 0 aromatic heterocycles. The van der Waals surface area contributed by atoms with Crippen molar-refractivity contribution in [3.05, 3.63) is 22.2 Å². The quantitative estimate of drug-likeness (QED) is 0.779. The highest BCUT2D eigenvalue weighted by Gasteiger charge is 2.13. The van der Waals surface area contributed by atoms with Gasteiger partial charge in [-0.1, -0.05) is 0 Å². The second kappa shape index (κ2) is 5.34. The minimum absolute atomic E-state index is 0.0322. The molecule has 0 radical (unpaired) electrons. The molecule has 1 aromatic rings. The summed E-state index contributed by atoms with van der Waals surface area (Å²) in [6.07, 6.45) is -0.749. The molecule has 4 nitrogen and oxygen atoms in total. The van der Waals surface area contributed by atoms with Gasteiger partial charge in [0.05, 0.1) is 17.2 Å². The van der Waals surface area contributed by atoms with E-state index in [0.29, 0.717) is 22.4 Å². The van der Waals surface area contributed by atoms with Gasteiger partial charge in [0, 0.05) is 6.54 Å². The first-order chi connectivity index (χ1) is 7.10. The number of aliphatic hydroxyl groups excluding tert-OH is 1. The van der Waals surface area contributed by atoms with Crippen molar-refractivity contribution in [3.63, 3.8) is 0 Å². The van der Waals surface area contributed by atoms with Crippen molar-refractivity contribution in [3.8, 4) is 11.5 Å². The molecule has 5 heteroatoms. The van der Waals surface area contributed by atoms with E-state index in [9.17, 15) is 10.2 Å². The maximum Gasteiger partial charge on any atom is 0.172 e. The number of aliphatic hydroxyl groups is 1. The Hall–Kier alpha value is -0.780. The van der Waals surface area contributed by atoms with Crippen molar-refractivity contribution in [1.82, 2.24) is 0 Å². The highest BCUT2D eigenvalue weighted by molar-refractivity contribution is 9.10. The van der Waals surface area contributed by atoms with Gasteiger partial charge < -0.3 is 20.7 Å². The predicted molar refractivity (Wildman–Crippen MR) is 61.0 cm³/mol. The van der Waals surface area contributed by atoms with Crippen LogP contribution in [0, 0.1) is 0 Å². The summed E-state index contributed by atoms with van der Waals surface area (Å²) in [6, 6.07) is 3.20. The van der Waals surface area contributed by atoms with E-state index in [-0.39, 0.29) is 12.3 Å². The SMILES string of the molecule is CCOc1cc([C@H](O)CN)cc(Br)c1O. The number of ether oxygens (including phenoxy) is 1. The summed E-state index contributed by atoms with van der Waals surface area (Å²) in [5, 5.41) is 19.2. The topological polar surface area (TPSA) is 75.7 Å². The Morgan fingerprint density at radius 2 is 2.20 bits per heavy atom. The number of halogens is 1. The smallest absolute Gasteiger partial charge is 0.172 e. The van der Waals surface area contributed by atoms with E-state index in [1.165, 1.54) is 0 Å². The second-order valence-corrected chi connectivity index (χ2v) is 3.89. The Morgan fingerprint density at radius 1 is 1.53 bits per heavy atom. The zero-order chi connectivity index (χ0) is 11.4. The van der Waals surface area contributed by atoms with Crippen molar-refractivity contribution >= 4 is 15.9 Å². The normalized spacial score (nSPS) is 12.5. The van der Waals surface area contributed by atoms with E-state index in [1.807, 2.05) is 6.92 Å². The maximum atomic E-state index is 9.62. The van der Waals surface area contributed by atoms with Crippen LogP contribution in [0.5, 0.6) is 11.5 Å². The highest BCUT2D eigenvalue weighted by atomic mass is 79.9. The molecule has 1 rings (SSSR count). The molecule has 0 saturated carbocycles. The Bertz CT molecular complexity index is 344. The van der Waals surface area contributed by atoms with Crippen LogP contribution in [0.4, 0.5) is 0 Å². The van der Waals surface area contributed by atoms with E-state index in [2.05, 4.69) is 15.9 Å². The second-order valence-electron chi connectivity index (χ2n) is 3.03.